The Bertz CT molecular complexity index is 447. The Morgan fingerprint density at radius 1 is 1.46 bits per heavy atom. The Hall–Kier alpha value is -0.800. The number of fused-ring (bicyclic) bond motifs is 1. The van der Waals surface area contributed by atoms with Crippen molar-refractivity contribution >= 4 is 26.8 Å². The number of halogens is 1. The van der Waals surface area contributed by atoms with Gasteiger partial charge < -0.3 is 9.67 Å². The van der Waals surface area contributed by atoms with Gasteiger partial charge in [-0.1, -0.05) is 12.1 Å². The van der Waals surface area contributed by atoms with Crippen molar-refractivity contribution in [3.8, 4) is 0 Å². The number of rotatable bonds is 1. The number of benzene rings is 1. The van der Waals surface area contributed by atoms with E-state index in [2.05, 4.69) is 15.9 Å². The minimum Gasteiger partial charge on any atom is -0.392 e. The van der Waals surface area contributed by atoms with Gasteiger partial charge in [-0.05, 0) is 27.6 Å². The number of aliphatic hydroxyl groups excluding tert-OH is 1. The minimum absolute atomic E-state index is 0.0833. The summed E-state index contributed by atoms with van der Waals surface area (Å²) in [6, 6.07) is 5.94. The largest absolute Gasteiger partial charge is 0.392 e. The van der Waals surface area contributed by atoms with E-state index in [9.17, 15) is 0 Å². The van der Waals surface area contributed by atoms with E-state index in [1.54, 1.807) is 0 Å². The fourth-order valence-corrected chi connectivity index (χ4v) is 2.36. The summed E-state index contributed by atoms with van der Waals surface area (Å²) in [4.78, 5) is 0. The van der Waals surface area contributed by atoms with Crippen molar-refractivity contribution in [1.29, 1.82) is 0 Å². The van der Waals surface area contributed by atoms with Crippen LogP contribution in [0.3, 0.4) is 0 Å². The van der Waals surface area contributed by atoms with Gasteiger partial charge >= 0.3 is 0 Å². The highest BCUT2D eigenvalue weighted by atomic mass is 79.9. The molecule has 0 atom stereocenters. The lowest BCUT2D eigenvalue weighted by molar-refractivity contribution is 0.283. The van der Waals surface area contributed by atoms with Gasteiger partial charge in [-0.3, -0.25) is 0 Å². The van der Waals surface area contributed by atoms with Crippen LogP contribution in [0.4, 0.5) is 0 Å². The second-order valence-electron chi connectivity index (χ2n) is 3.06. The van der Waals surface area contributed by atoms with Crippen molar-refractivity contribution in [2.24, 2.45) is 7.05 Å². The van der Waals surface area contributed by atoms with Crippen molar-refractivity contribution in [2.45, 2.75) is 6.61 Å². The molecule has 13 heavy (non-hydrogen) atoms. The lowest BCUT2D eigenvalue weighted by Crippen LogP contribution is -1.86. The first-order valence-corrected chi connectivity index (χ1v) is 4.86. The van der Waals surface area contributed by atoms with Gasteiger partial charge in [0.1, 0.15) is 0 Å². The number of aryl methyl sites for hydroxylation is 1. The zero-order chi connectivity index (χ0) is 9.42. The summed E-state index contributed by atoms with van der Waals surface area (Å²) in [5.74, 6) is 0. The summed E-state index contributed by atoms with van der Waals surface area (Å²) in [7, 11) is 1.99. The third kappa shape index (κ3) is 1.28. The van der Waals surface area contributed by atoms with Gasteiger partial charge in [0.25, 0.3) is 0 Å². The quantitative estimate of drug-likeness (QED) is 0.813. The lowest BCUT2D eigenvalue weighted by atomic mass is 10.1. The van der Waals surface area contributed by atoms with E-state index in [0.717, 1.165) is 20.9 Å². The maximum absolute atomic E-state index is 9.14. The topological polar surface area (TPSA) is 25.2 Å². The molecule has 0 saturated heterocycles. The minimum atomic E-state index is 0.0833. The normalized spacial score (nSPS) is 11.0. The average Bonchev–Trinajstić information content (AvgIpc) is 2.43. The number of aromatic nitrogens is 1. The number of nitrogens with zero attached hydrogens (tertiary/aromatic N) is 1. The Morgan fingerprint density at radius 2 is 2.23 bits per heavy atom. The highest BCUT2D eigenvalue weighted by Gasteiger charge is 2.07. The van der Waals surface area contributed by atoms with Gasteiger partial charge in [0.15, 0.2) is 0 Å². The number of hydrogen-bond acceptors (Lipinski definition) is 1. The lowest BCUT2D eigenvalue weighted by Gasteiger charge is -2.00. The predicted molar refractivity (Wildman–Crippen MR) is 56.5 cm³/mol. The maximum Gasteiger partial charge on any atom is 0.0688 e. The molecule has 0 saturated carbocycles. The summed E-state index contributed by atoms with van der Waals surface area (Å²) in [6.07, 6.45) is 2.00. The molecule has 0 unspecified atom stereocenters. The summed E-state index contributed by atoms with van der Waals surface area (Å²) in [5, 5.41) is 10.2. The summed E-state index contributed by atoms with van der Waals surface area (Å²) < 4.78 is 3.08. The molecule has 1 N–H and O–H groups in total. The Morgan fingerprint density at radius 3 is 2.92 bits per heavy atom. The van der Waals surface area contributed by atoms with E-state index in [-0.39, 0.29) is 6.61 Å². The van der Waals surface area contributed by atoms with Crippen molar-refractivity contribution in [2.75, 3.05) is 0 Å². The standard InChI is InChI=1S/C10H10BrNO/c1-12-5-8(11)10-7(6-13)3-2-4-9(10)12/h2-5,13H,6H2,1H3. The third-order valence-electron chi connectivity index (χ3n) is 2.22. The highest BCUT2D eigenvalue weighted by molar-refractivity contribution is 9.10. The Labute approximate surface area is 84.9 Å². The second-order valence-corrected chi connectivity index (χ2v) is 3.91. The molecule has 2 aromatic rings. The molecule has 0 spiro atoms. The number of hydrogen-bond donors (Lipinski definition) is 1. The predicted octanol–water partition coefficient (Wildman–Crippen LogP) is 2.43. The van der Waals surface area contributed by atoms with Gasteiger partial charge in [0, 0.05) is 28.6 Å². The van der Waals surface area contributed by atoms with Crippen molar-refractivity contribution in [1.82, 2.24) is 4.57 Å². The van der Waals surface area contributed by atoms with Crippen LogP contribution in [0.5, 0.6) is 0 Å². The molecule has 0 aliphatic rings. The van der Waals surface area contributed by atoms with Gasteiger partial charge in [-0.2, -0.15) is 0 Å². The summed E-state index contributed by atoms with van der Waals surface area (Å²) >= 11 is 3.48. The van der Waals surface area contributed by atoms with Crippen LogP contribution in [0.25, 0.3) is 10.9 Å². The van der Waals surface area contributed by atoms with Crippen LogP contribution in [0.15, 0.2) is 28.9 Å². The smallest absolute Gasteiger partial charge is 0.0688 e. The molecule has 0 aliphatic carbocycles. The van der Waals surface area contributed by atoms with Crippen LogP contribution in [-0.4, -0.2) is 9.67 Å². The van der Waals surface area contributed by atoms with E-state index in [4.69, 9.17) is 5.11 Å². The second kappa shape index (κ2) is 3.16. The molecule has 2 rings (SSSR count). The first-order valence-electron chi connectivity index (χ1n) is 4.07. The van der Waals surface area contributed by atoms with Crippen molar-refractivity contribution < 1.29 is 5.11 Å². The van der Waals surface area contributed by atoms with Crippen LogP contribution in [-0.2, 0) is 13.7 Å². The highest BCUT2D eigenvalue weighted by Crippen LogP contribution is 2.28. The van der Waals surface area contributed by atoms with Gasteiger partial charge in [-0.15, -0.1) is 0 Å². The first-order chi connectivity index (χ1) is 6.24. The first kappa shape index (κ1) is 8.78. The van der Waals surface area contributed by atoms with Gasteiger partial charge in [-0.25, -0.2) is 0 Å². The van der Waals surface area contributed by atoms with E-state index in [1.165, 1.54) is 0 Å². The van der Waals surface area contributed by atoms with E-state index >= 15 is 0 Å². The molecule has 0 radical (unpaired) electrons. The summed E-state index contributed by atoms with van der Waals surface area (Å²) in [5.41, 5.74) is 2.10. The van der Waals surface area contributed by atoms with Crippen LogP contribution in [0.2, 0.25) is 0 Å². The third-order valence-corrected chi connectivity index (χ3v) is 2.83. The zero-order valence-electron chi connectivity index (χ0n) is 7.29. The van der Waals surface area contributed by atoms with E-state index in [0.29, 0.717) is 0 Å². The molecule has 3 heteroatoms. The van der Waals surface area contributed by atoms with Crippen LogP contribution in [0.1, 0.15) is 5.56 Å². The molecule has 1 aromatic heterocycles. The molecule has 1 aromatic carbocycles. The molecule has 1 heterocycles. The monoisotopic (exact) mass is 239 g/mol. The molecule has 68 valence electrons. The zero-order valence-corrected chi connectivity index (χ0v) is 8.87. The molecule has 0 amide bonds. The van der Waals surface area contributed by atoms with Gasteiger partial charge in [0.2, 0.25) is 0 Å². The molecule has 2 nitrogen and oxygen atoms in total. The van der Waals surface area contributed by atoms with E-state index < -0.39 is 0 Å². The van der Waals surface area contributed by atoms with Crippen LogP contribution in [0, 0.1) is 0 Å². The summed E-state index contributed by atoms with van der Waals surface area (Å²) in [6.45, 7) is 0.0833. The van der Waals surface area contributed by atoms with Crippen molar-refractivity contribution in [3.63, 3.8) is 0 Å². The van der Waals surface area contributed by atoms with Crippen LogP contribution >= 0.6 is 15.9 Å². The fraction of sp³-hybridized carbons (Fsp3) is 0.200. The average molecular weight is 240 g/mol. The Balaban J connectivity index is 2.88. The molecule has 0 aliphatic heterocycles. The van der Waals surface area contributed by atoms with E-state index in [1.807, 2.05) is 36.0 Å². The maximum atomic E-state index is 9.14. The molecule has 0 fully saturated rings. The Kier molecular flexibility index (Phi) is 2.14. The fourth-order valence-electron chi connectivity index (χ4n) is 1.59. The molecular formula is C10H10BrNO. The number of aliphatic hydroxyl groups is 1. The van der Waals surface area contributed by atoms with Crippen LogP contribution < -0.4 is 0 Å². The van der Waals surface area contributed by atoms with Gasteiger partial charge in [0.05, 0.1) is 6.61 Å². The molecule has 0 bridgehead atoms. The molecular weight excluding hydrogens is 230 g/mol. The van der Waals surface area contributed by atoms with Crippen molar-refractivity contribution in [3.05, 3.63) is 34.4 Å². The SMILES string of the molecule is Cn1cc(Br)c2c(CO)cccc21.